The van der Waals surface area contributed by atoms with Crippen molar-refractivity contribution in [2.24, 2.45) is 5.92 Å². The van der Waals surface area contributed by atoms with Crippen LogP contribution in [0.5, 0.6) is 5.75 Å². The average molecular weight is 367 g/mol. The number of rotatable bonds is 5. The first-order valence-electron chi connectivity index (χ1n) is 7.68. The number of amides is 1. The van der Waals surface area contributed by atoms with Gasteiger partial charge in [0.1, 0.15) is 5.75 Å². The van der Waals surface area contributed by atoms with E-state index in [0.717, 1.165) is 25.1 Å². The van der Waals surface area contributed by atoms with E-state index in [0.29, 0.717) is 18.8 Å². The molecule has 8 heteroatoms. The van der Waals surface area contributed by atoms with E-state index in [1.54, 1.807) is 12.1 Å². The molecule has 0 saturated carbocycles. The number of aryl methyl sites for hydroxylation is 1. The highest BCUT2D eigenvalue weighted by Crippen LogP contribution is 2.23. The molecule has 0 spiro atoms. The molecule has 1 aromatic carbocycles. The predicted octanol–water partition coefficient (Wildman–Crippen LogP) is 3.05. The maximum absolute atomic E-state index is 12.1. The van der Waals surface area contributed by atoms with Gasteiger partial charge in [0.25, 0.3) is 0 Å². The van der Waals surface area contributed by atoms with Crippen molar-refractivity contribution in [2.75, 3.05) is 13.1 Å². The summed E-state index contributed by atoms with van der Waals surface area (Å²) in [6.45, 7) is 3.89. The van der Waals surface area contributed by atoms with Crippen molar-refractivity contribution in [3.05, 3.63) is 29.8 Å². The van der Waals surface area contributed by atoms with Crippen LogP contribution in [0.3, 0.4) is 0 Å². The highest BCUT2D eigenvalue weighted by molar-refractivity contribution is 5.85. The molecule has 2 N–H and O–H groups in total. The Labute approximate surface area is 145 Å². The van der Waals surface area contributed by atoms with Gasteiger partial charge in [-0.15, -0.1) is 25.6 Å². The van der Waals surface area contributed by atoms with E-state index >= 15 is 0 Å². The number of piperidine rings is 1. The topological polar surface area (TPSA) is 50.4 Å². The lowest BCUT2D eigenvalue weighted by molar-refractivity contribution is -0.274. The minimum Gasteiger partial charge on any atom is -0.406 e. The van der Waals surface area contributed by atoms with Crippen molar-refractivity contribution in [3.63, 3.8) is 0 Å². The predicted molar refractivity (Wildman–Crippen MR) is 87.3 cm³/mol. The van der Waals surface area contributed by atoms with Gasteiger partial charge >= 0.3 is 6.36 Å². The van der Waals surface area contributed by atoms with Crippen molar-refractivity contribution in [3.8, 4) is 5.75 Å². The van der Waals surface area contributed by atoms with Gasteiger partial charge in [-0.2, -0.15) is 0 Å². The second-order valence-corrected chi connectivity index (χ2v) is 5.84. The molecule has 2 rings (SSSR count). The van der Waals surface area contributed by atoms with E-state index in [4.69, 9.17) is 0 Å². The summed E-state index contributed by atoms with van der Waals surface area (Å²) in [5.41, 5.74) is 0.799. The molecule has 1 aliphatic heterocycles. The Balaban J connectivity index is 0.00000288. The van der Waals surface area contributed by atoms with Gasteiger partial charge in [0.2, 0.25) is 5.91 Å². The third-order valence-electron chi connectivity index (χ3n) is 3.93. The van der Waals surface area contributed by atoms with E-state index in [9.17, 15) is 18.0 Å². The van der Waals surface area contributed by atoms with Crippen LogP contribution < -0.4 is 15.4 Å². The van der Waals surface area contributed by atoms with Crippen LogP contribution >= 0.6 is 12.4 Å². The first-order valence-corrected chi connectivity index (χ1v) is 7.68. The van der Waals surface area contributed by atoms with Gasteiger partial charge in [-0.3, -0.25) is 4.79 Å². The molecular weight excluding hydrogens is 345 g/mol. The number of halogens is 4. The third kappa shape index (κ3) is 6.97. The lowest BCUT2D eigenvalue weighted by atomic mass is 9.95. The van der Waals surface area contributed by atoms with Gasteiger partial charge in [0, 0.05) is 12.5 Å². The summed E-state index contributed by atoms with van der Waals surface area (Å²) in [7, 11) is 0. The number of alkyl halides is 3. The molecule has 2 unspecified atom stereocenters. The molecule has 0 aromatic heterocycles. The Morgan fingerprint density at radius 1 is 1.33 bits per heavy atom. The number of hydrogen-bond donors (Lipinski definition) is 2. The van der Waals surface area contributed by atoms with Crippen LogP contribution in [0.1, 0.15) is 25.3 Å². The van der Waals surface area contributed by atoms with Crippen LogP contribution in [0.15, 0.2) is 24.3 Å². The second-order valence-electron chi connectivity index (χ2n) is 5.84. The summed E-state index contributed by atoms with van der Waals surface area (Å²) in [6, 6.07) is 5.79. The lowest BCUT2D eigenvalue weighted by Crippen LogP contribution is -2.48. The maximum Gasteiger partial charge on any atom is 0.573 e. The Hall–Kier alpha value is -1.47. The summed E-state index contributed by atoms with van der Waals surface area (Å²) in [5, 5.41) is 6.30. The Morgan fingerprint density at radius 3 is 2.58 bits per heavy atom. The number of carbonyl (C=O) groups excluding carboxylic acids is 1. The molecular formula is C16H22ClF3N2O2. The minimum absolute atomic E-state index is 0. The normalized spacial score (nSPS) is 20.8. The number of carbonyl (C=O) groups is 1. The molecule has 24 heavy (non-hydrogen) atoms. The lowest BCUT2D eigenvalue weighted by Gasteiger charge is -2.30. The number of ether oxygens (including phenoxy) is 1. The smallest absolute Gasteiger partial charge is 0.406 e. The second kappa shape index (κ2) is 9.13. The van der Waals surface area contributed by atoms with Crippen molar-refractivity contribution in [1.29, 1.82) is 0 Å². The Kier molecular flexibility index (Phi) is 7.83. The zero-order valence-electron chi connectivity index (χ0n) is 13.4. The van der Waals surface area contributed by atoms with Crippen molar-refractivity contribution in [2.45, 2.75) is 38.6 Å². The Bertz CT molecular complexity index is 523. The van der Waals surface area contributed by atoms with Crippen molar-refractivity contribution >= 4 is 18.3 Å². The third-order valence-corrected chi connectivity index (χ3v) is 3.93. The molecule has 0 radical (unpaired) electrons. The molecule has 1 saturated heterocycles. The first-order chi connectivity index (χ1) is 10.8. The van der Waals surface area contributed by atoms with Gasteiger partial charge < -0.3 is 15.4 Å². The van der Waals surface area contributed by atoms with Crippen LogP contribution in [0.25, 0.3) is 0 Å². The molecule has 2 atom stereocenters. The maximum atomic E-state index is 12.1. The fraction of sp³-hybridized carbons (Fsp3) is 0.562. The quantitative estimate of drug-likeness (QED) is 0.842. The molecule has 1 amide bonds. The highest BCUT2D eigenvalue weighted by Gasteiger charge is 2.31. The summed E-state index contributed by atoms with van der Waals surface area (Å²) in [5.74, 6) is 0.111. The van der Waals surface area contributed by atoms with Gasteiger partial charge in [0.05, 0.1) is 0 Å². The van der Waals surface area contributed by atoms with Crippen LogP contribution in [0.2, 0.25) is 0 Å². The molecule has 0 bridgehead atoms. The summed E-state index contributed by atoms with van der Waals surface area (Å²) in [4.78, 5) is 12.0. The van der Waals surface area contributed by atoms with E-state index in [1.165, 1.54) is 12.1 Å². The van der Waals surface area contributed by atoms with Crippen LogP contribution in [0, 0.1) is 5.92 Å². The van der Waals surface area contributed by atoms with E-state index < -0.39 is 6.36 Å². The number of hydrogen-bond acceptors (Lipinski definition) is 3. The van der Waals surface area contributed by atoms with E-state index in [1.807, 2.05) is 0 Å². The molecule has 0 aliphatic carbocycles. The molecule has 1 aromatic rings. The summed E-state index contributed by atoms with van der Waals surface area (Å²) < 4.78 is 40.0. The van der Waals surface area contributed by atoms with Gasteiger partial charge in [-0.05, 0) is 49.5 Å². The zero-order valence-corrected chi connectivity index (χ0v) is 14.2. The van der Waals surface area contributed by atoms with Crippen molar-refractivity contribution in [1.82, 2.24) is 10.6 Å². The molecule has 136 valence electrons. The SMILES string of the molecule is CC1CNCCC1NC(=O)CCc1ccc(OC(F)(F)F)cc1.Cl. The summed E-state index contributed by atoms with van der Waals surface area (Å²) in [6.07, 6.45) is -2.98. The zero-order chi connectivity index (χ0) is 16.9. The molecule has 4 nitrogen and oxygen atoms in total. The number of benzene rings is 1. The van der Waals surface area contributed by atoms with Gasteiger partial charge in [-0.1, -0.05) is 19.1 Å². The largest absolute Gasteiger partial charge is 0.573 e. The number of nitrogens with one attached hydrogen (secondary N) is 2. The van der Waals surface area contributed by atoms with Crippen LogP contribution in [-0.2, 0) is 11.2 Å². The van der Waals surface area contributed by atoms with Gasteiger partial charge in [-0.25, -0.2) is 0 Å². The summed E-state index contributed by atoms with van der Waals surface area (Å²) >= 11 is 0. The highest BCUT2D eigenvalue weighted by atomic mass is 35.5. The molecule has 1 aliphatic rings. The van der Waals surface area contributed by atoms with Crippen LogP contribution in [-0.4, -0.2) is 31.4 Å². The van der Waals surface area contributed by atoms with Crippen LogP contribution in [0.4, 0.5) is 13.2 Å². The molecule has 1 heterocycles. The Morgan fingerprint density at radius 2 is 2.00 bits per heavy atom. The van der Waals surface area contributed by atoms with E-state index in [-0.39, 0.29) is 30.1 Å². The molecule has 1 fully saturated rings. The monoisotopic (exact) mass is 366 g/mol. The fourth-order valence-electron chi connectivity index (χ4n) is 2.62. The fourth-order valence-corrected chi connectivity index (χ4v) is 2.62. The van der Waals surface area contributed by atoms with Crippen molar-refractivity contribution < 1.29 is 22.7 Å². The van der Waals surface area contributed by atoms with E-state index in [2.05, 4.69) is 22.3 Å². The standard InChI is InChI=1S/C16H21F3N2O2.ClH/c1-11-10-20-9-8-14(11)21-15(22)7-4-12-2-5-13(6-3-12)23-16(17,18)19;/h2-3,5-6,11,14,20H,4,7-10H2,1H3,(H,21,22);1H. The minimum atomic E-state index is -4.69. The van der Waals surface area contributed by atoms with Gasteiger partial charge in [0.15, 0.2) is 0 Å². The average Bonchev–Trinajstić information content (AvgIpc) is 2.47. The first kappa shape index (κ1) is 20.6.